The van der Waals surface area contributed by atoms with Gasteiger partial charge in [0.1, 0.15) is 5.82 Å². The quantitative estimate of drug-likeness (QED) is 0.885. The molecule has 1 aromatic heterocycles. The van der Waals surface area contributed by atoms with Gasteiger partial charge in [0, 0.05) is 25.8 Å². The van der Waals surface area contributed by atoms with Crippen LogP contribution in [0.25, 0.3) is 0 Å². The van der Waals surface area contributed by atoms with Crippen LogP contribution in [-0.4, -0.2) is 30.0 Å². The number of nitrogens with zero attached hydrogens (tertiary/aromatic N) is 2. The average molecular weight is 247 g/mol. The van der Waals surface area contributed by atoms with E-state index in [9.17, 15) is 0 Å². The predicted octanol–water partition coefficient (Wildman–Crippen LogP) is 3.22. The van der Waals surface area contributed by atoms with Crippen LogP contribution in [-0.2, 0) is 0 Å². The van der Waals surface area contributed by atoms with E-state index in [4.69, 9.17) is 0 Å². The van der Waals surface area contributed by atoms with Crippen molar-refractivity contribution in [1.82, 2.24) is 9.88 Å². The average Bonchev–Trinajstić information content (AvgIpc) is 2.76. The van der Waals surface area contributed by atoms with E-state index in [-0.39, 0.29) is 0 Å². The van der Waals surface area contributed by atoms with E-state index in [0.717, 1.165) is 11.7 Å². The first kappa shape index (κ1) is 13.3. The minimum atomic E-state index is 0.575. The van der Waals surface area contributed by atoms with Crippen molar-refractivity contribution in [2.24, 2.45) is 5.92 Å². The van der Waals surface area contributed by atoms with E-state index in [0.29, 0.717) is 6.04 Å². The zero-order chi connectivity index (χ0) is 13.1. The molecule has 3 heteroatoms. The van der Waals surface area contributed by atoms with Gasteiger partial charge in [-0.05, 0) is 49.4 Å². The minimum Gasteiger partial charge on any atom is -0.373 e. The van der Waals surface area contributed by atoms with Crippen molar-refractivity contribution in [3.8, 4) is 0 Å². The van der Waals surface area contributed by atoms with Crippen LogP contribution in [0, 0.1) is 12.8 Å². The highest BCUT2D eigenvalue weighted by Gasteiger charge is 2.27. The SMILES string of the molecule is CNc1cc(C)c(C2CCCN2CC(C)C)cn1. The highest BCUT2D eigenvalue weighted by molar-refractivity contribution is 5.41. The topological polar surface area (TPSA) is 28.2 Å². The van der Waals surface area contributed by atoms with Crippen LogP contribution in [0.3, 0.4) is 0 Å². The van der Waals surface area contributed by atoms with E-state index in [2.05, 4.69) is 48.2 Å². The van der Waals surface area contributed by atoms with Gasteiger partial charge in [-0.3, -0.25) is 4.90 Å². The highest BCUT2D eigenvalue weighted by atomic mass is 15.2. The molecule has 0 saturated carbocycles. The van der Waals surface area contributed by atoms with E-state index in [1.807, 2.05) is 7.05 Å². The molecule has 1 aromatic rings. The zero-order valence-corrected chi connectivity index (χ0v) is 12.0. The second-order valence-electron chi connectivity index (χ2n) is 5.72. The molecule has 2 heterocycles. The number of likely N-dealkylation sites (tertiary alicyclic amines) is 1. The summed E-state index contributed by atoms with van der Waals surface area (Å²) >= 11 is 0. The number of hydrogen-bond acceptors (Lipinski definition) is 3. The Labute approximate surface area is 111 Å². The lowest BCUT2D eigenvalue weighted by Gasteiger charge is -2.27. The number of aryl methyl sites for hydroxylation is 1. The summed E-state index contributed by atoms with van der Waals surface area (Å²) in [5, 5.41) is 3.10. The largest absolute Gasteiger partial charge is 0.373 e. The predicted molar refractivity (Wildman–Crippen MR) is 76.9 cm³/mol. The van der Waals surface area contributed by atoms with Crippen molar-refractivity contribution in [2.75, 3.05) is 25.5 Å². The van der Waals surface area contributed by atoms with Gasteiger partial charge in [0.15, 0.2) is 0 Å². The Bertz CT molecular complexity index is 401. The van der Waals surface area contributed by atoms with Gasteiger partial charge >= 0.3 is 0 Å². The molecule has 100 valence electrons. The second kappa shape index (κ2) is 5.70. The molecule has 1 atom stereocenters. The summed E-state index contributed by atoms with van der Waals surface area (Å²) in [6, 6.07) is 2.73. The Hall–Kier alpha value is -1.09. The molecule has 0 amide bonds. The number of anilines is 1. The van der Waals surface area contributed by atoms with Crippen LogP contribution in [0.2, 0.25) is 0 Å². The molecule has 1 saturated heterocycles. The Morgan fingerprint density at radius 3 is 2.89 bits per heavy atom. The van der Waals surface area contributed by atoms with Gasteiger partial charge in [0.2, 0.25) is 0 Å². The van der Waals surface area contributed by atoms with E-state index in [1.54, 1.807) is 0 Å². The normalized spacial score (nSPS) is 20.6. The molecule has 1 aliphatic rings. The second-order valence-corrected chi connectivity index (χ2v) is 5.72. The van der Waals surface area contributed by atoms with E-state index >= 15 is 0 Å². The molecule has 3 nitrogen and oxygen atoms in total. The number of aromatic nitrogens is 1. The Balaban J connectivity index is 2.19. The van der Waals surface area contributed by atoms with Gasteiger partial charge in [0.05, 0.1) is 0 Å². The van der Waals surface area contributed by atoms with Gasteiger partial charge < -0.3 is 5.32 Å². The van der Waals surface area contributed by atoms with Gasteiger partial charge in [-0.1, -0.05) is 13.8 Å². The first-order valence-electron chi connectivity index (χ1n) is 7.00. The number of pyridine rings is 1. The molecule has 18 heavy (non-hydrogen) atoms. The first-order chi connectivity index (χ1) is 8.61. The molecular weight excluding hydrogens is 222 g/mol. The van der Waals surface area contributed by atoms with Crippen LogP contribution >= 0.6 is 0 Å². The van der Waals surface area contributed by atoms with E-state index in [1.165, 1.54) is 37.1 Å². The smallest absolute Gasteiger partial charge is 0.125 e. The van der Waals surface area contributed by atoms with Crippen molar-refractivity contribution < 1.29 is 0 Å². The highest BCUT2D eigenvalue weighted by Crippen LogP contribution is 2.34. The number of nitrogens with one attached hydrogen (secondary N) is 1. The standard InChI is InChI=1S/C15H25N3/c1-11(2)10-18-7-5-6-14(18)13-9-17-15(16-4)8-12(13)3/h8-9,11,14H,5-7,10H2,1-4H3,(H,16,17). The fraction of sp³-hybridized carbons (Fsp3) is 0.667. The van der Waals surface area contributed by atoms with Gasteiger partial charge in [-0.15, -0.1) is 0 Å². The van der Waals surface area contributed by atoms with E-state index < -0.39 is 0 Å². The fourth-order valence-corrected chi connectivity index (χ4v) is 2.92. The van der Waals surface area contributed by atoms with Crippen molar-refractivity contribution in [1.29, 1.82) is 0 Å². The van der Waals surface area contributed by atoms with Crippen molar-refractivity contribution in [2.45, 2.75) is 39.7 Å². The Kier molecular flexibility index (Phi) is 4.23. The summed E-state index contributed by atoms with van der Waals surface area (Å²) < 4.78 is 0. The van der Waals surface area contributed by atoms with Crippen LogP contribution in [0.4, 0.5) is 5.82 Å². The molecule has 1 N–H and O–H groups in total. The third-order valence-corrected chi connectivity index (χ3v) is 3.73. The van der Waals surface area contributed by atoms with Crippen molar-refractivity contribution in [3.05, 3.63) is 23.4 Å². The molecule has 2 rings (SSSR count). The van der Waals surface area contributed by atoms with Gasteiger partial charge in [-0.25, -0.2) is 4.98 Å². The van der Waals surface area contributed by atoms with Crippen LogP contribution in [0.5, 0.6) is 0 Å². The molecule has 1 fully saturated rings. The maximum atomic E-state index is 4.48. The molecule has 1 unspecified atom stereocenters. The van der Waals surface area contributed by atoms with Gasteiger partial charge in [0.25, 0.3) is 0 Å². The monoisotopic (exact) mass is 247 g/mol. The summed E-state index contributed by atoms with van der Waals surface area (Å²) in [6.07, 6.45) is 4.64. The number of hydrogen-bond donors (Lipinski definition) is 1. The summed E-state index contributed by atoms with van der Waals surface area (Å²) in [5.41, 5.74) is 2.77. The zero-order valence-electron chi connectivity index (χ0n) is 12.0. The van der Waals surface area contributed by atoms with Gasteiger partial charge in [-0.2, -0.15) is 0 Å². The van der Waals surface area contributed by atoms with Crippen LogP contribution in [0.1, 0.15) is 43.9 Å². The molecule has 0 aliphatic carbocycles. The maximum Gasteiger partial charge on any atom is 0.125 e. The third kappa shape index (κ3) is 2.83. The molecule has 0 radical (unpaired) electrons. The molecule has 0 bridgehead atoms. The third-order valence-electron chi connectivity index (χ3n) is 3.73. The summed E-state index contributed by atoms with van der Waals surface area (Å²) in [7, 11) is 1.92. The molecular formula is C15H25N3. The first-order valence-corrected chi connectivity index (χ1v) is 7.00. The van der Waals surface area contributed by atoms with Crippen molar-refractivity contribution in [3.63, 3.8) is 0 Å². The number of rotatable bonds is 4. The summed E-state index contributed by atoms with van der Waals surface area (Å²) in [5.74, 6) is 1.69. The Morgan fingerprint density at radius 1 is 1.50 bits per heavy atom. The minimum absolute atomic E-state index is 0.575. The van der Waals surface area contributed by atoms with Crippen LogP contribution < -0.4 is 5.32 Å². The lowest BCUT2D eigenvalue weighted by atomic mass is 10.0. The lowest BCUT2D eigenvalue weighted by molar-refractivity contribution is 0.228. The fourth-order valence-electron chi connectivity index (χ4n) is 2.92. The summed E-state index contributed by atoms with van der Waals surface area (Å²) in [6.45, 7) is 9.22. The molecule has 0 aromatic carbocycles. The molecule has 0 spiro atoms. The Morgan fingerprint density at radius 2 is 2.28 bits per heavy atom. The summed E-state index contributed by atoms with van der Waals surface area (Å²) in [4.78, 5) is 7.10. The van der Waals surface area contributed by atoms with Crippen molar-refractivity contribution >= 4 is 5.82 Å². The molecule has 1 aliphatic heterocycles. The van der Waals surface area contributed by atoms with Crippen LogP contribution in [0.15, 0.2) is 12.3 Å². The maximum absolute atomic E-state index is 4.48. The lowest BCUT2D eigenvalue weighted by Crippen LogP contribution is -2.27.